The molecule has 12 heteroatoms. The van der Waals surface area contributed by atoms with E-state index < -0.39 is 0 Å². The number of aromatic nitrogens is 4. The molecule has 0 bridgehead atoms. The van der Waals surface area contributed by atoms with E-state index in [-0.39, 0.29) is 41.7 Å². The summed E-state index contributed by atoms with van der Waals surface area (Å²) in [5.41, 5.74) is 3.35. The van der Waals surface area contributed by atoms with Gasteiger partial charge in [0.2, 0.25) is 18.0 Å². The zero-order valence-corrected chi connectivity index (χ0v) is 27.9. The molecule has 2 fully saturated rings. The summed E-state index contributed by atoms with van der Waals surface area (Å²) in [5, 5.41) is 12.0. The lowest BCUT2D eigenvalue weighted by Gasteiger charge is -2.53. The Morgan fingerprint density at radius 3 is 2.29 bits per heavy atom. The van der Waals surface area contributed by atoms with Crippen molar-refractivity contribution in [2.24, 2.45) is 0 Å². The fourth-order valence-corrected chi connectivity index (χ4v) is 6.89. The van der Waals surface area contributed by atoms with Crippen LogP contribution in [0.1, 0.15) is 53.9 Å². The molecule has 0 spiro atoms. The van der Waals surface area contributed by atoms with Gasteiger partial charge in [-0.3, -0.25) is 14.6 Å². The molecule has 2 aliphatic heterocycles. The normalized spacial score (nSPS) is 18.5. The number of hydrogen-bond donors (Lipinski definition) is 0. The van der Waals surface area contributed by atoms with Crippen molar-refractivity contribution in [3.8, 4) is 17.8 Å². The van der Waals surface area contributed by atoms with Crippen molar-refractivity contribution in [2.45, 2.75) is 51.4 Å². The van der Waals surface area contributed by atoms with E-state index in [1.807, 2.05) is 37.8 Å². The van der Waals surface area contributed by atoms with E-state index in [9.17, 15) is 10.0 Å². The monoisotopic (exact) mass is 653 g/mol. The standard InChI is InChI=1S/C36H43N7O5/c1-5-47-36-38-33(46-4)29(34(39-36)48-25(2)3)22-40-20-28-21-41(35(44)30-23-42(45)17-16-37-30)18-19-43(28)31(24-40)32(26-12-8-6-9-13-26)27-14-10-7-11-15-27/h6-17,23,25,28,31-32H,5,18-22,24H2,1-4H3/t28-,31+/m1/s1. The molecule has 0 unspecified atom stereocenters. The van der Waals surface area contributed by atoms with Crippen molar-refractivity contribution in [1.29, 1.82) is 0 Å². The minimum atomic E-state index is -0.245. The van der Waals surface area contributed by atoms with Crippen molar-refractivity contribution in [3.05, 3.63) is 107 Å². The summed E-state index contributed by atoms with van der Waals surface area (Å²) >= 11 is 0. The van der Waals surface area contributed by atoms with Crippen LogP contribution in [0.25, 0.3) is 0 Å². The van der Waals surface area contributed by atoms with E-state index in [0.29, 0.717) is 55.8 Å². The van der Waals surface area contributed by atoms with Crippen molar-refractivity contribution >= 4 is 5.91 Å². The smallest absolute Gasteiger partial charge is 0.323 e. The minimum Gasteiger partial charge on any atom is -0.619 e. The van der Waals surface area contributed by atoms with Gasteiger partial charge in [-0.2, -0.15) is 14.7 Å². The number of rotatable bonds is 11. The number of hydrogen-bond acceptors (Lipinski definition) is 10. The molecule has 12 nitrogen and oxygen atoms in total. The Morgan fingerprint density at radius 2 is 1.67 bits per heavy atom. The van der Waals surface area contributed by atoms with Gasteiger partial charge in [0.15, 0.2) is 11.9 Å². The molecule has 2 aliphatic rings. The fraction of sp³-hybridized carbons (Fsp3) is 0.417. The number of benzene rings is 2. The highest BCUT2D eigenvalue weighted by molar-refractivity contribution is 5.91. The highest BCUT2D eigenvalue weighted by Crippen LogP contribution is 2.37. The Morgan fingerprint density at radius 1 is 0.979 bits per heavy atom. The van der Waals surface area contributed by atoms with Gasteiger partial charge < -0.3 is 24.3 Å². The average molecular weight is 654 g/mol. The van der Waals surface area contributed by atoms with Crippen LogP contribution in [0.3, 0.4) is 0 Å². The molecule has 4 aromatic rings. The Bertz CT molecular complexity index is 1640. The minimum absolute atomic E-state index is 0.00328. The second-order valence-electron chi connectivity index (χ2n) is 12.4. The van der Waals surface area contributed by atoms with Crippen LogP contribution in [0.2, 0.25) is 0 Å². The molecule has 0 radical (unpaired) electrons. The molecule has 1 amide bonds. The third-order valence-corrected chi connectivity index (χ3v) is 8.86. The van der Waals surface area contributed by atoms with Crippen LogP contribution < -0.4 is 18.9 Å². The first kappa shape index (κ1) is 33.1. The lowest BCUT2D eigenvalue weighted by Crippen LogP contribution is -2.67. The lowest BCUT2D eigenvalue weighted by molar-refractivity contribution is -0.606. The lowest BCUT2D eigenvalue weighted by atomic mass is 9.81. The SMILES string of the molecule is CCOc1nc(OC)c(CN2C[C@@H]3CN(C(=O)c4c[n+]([O-])ccn4)CCN3[C@H](C(c3ccccc3)c3ccccc3)C2)c(OC(C)C)n1. The highest BCUT2D eigenvalue weighted by Gasteiger charge is 2.44. The number of piperazine rings is 2. The second-order valence-corrected chi connectivity index (χ2v) is 12.4. The molecule has 2 aromatic heterocycles. The Hall–Kier alpha value is -4.81. The maximum absolute atomic E-state index is 13.6. The maximum Gasteiger partial charge on any atom is 0.323 e. The summed E-state index contributed by atoms with van der Waals surface area (Å²) in [5.74, 6) is 0.668. The molecule has 48 heavy (non-hydrogen) atoms. The van der Waals surface area contributed by atoms with Gasteiger partial charge in [0.25, 0.3) is 5.91 Å². The van der Waals surface area contributed by atoms with Crippen molar-refractivity contribution < 1.29 is 23.7 Å². The molecular formula is C36H43N7O5. The summed E-state index contributed by atoms with van der Waals surface area (Å²) in [7, 11) is 1.59. The zero-order valence-electron chi connectivity index (χ0n) is 27.9. The molecule has 0 N–H and O–H groups in total. The third-order valence-electron chi connectivity index (χ3n) is 8.86. The van der Waals surface area contributed by atoms with Gasteiger partial charge in [0.05, 0.1) is 31.6 Å². The van der Waals surface area contributed by atoms with Crippen LogP contribution in [0, 0.1) is 5.21 Å². The second kappa shape index (κ2) is 15.0. The Labute approximate surface area is 281 Å². The van der Waals surface area contributed by atoms with E-state index in [1.54, 1.807) is 7.11 Å². The van der Waals surface area contributed by atoms with Crippen LogP contribution in [-0.2, 0) is 6.54 Å². The summed E-state index contributed by atoms with van der Waals surface area (Å²) < 4.78 is 18.3. The van der Waals surface area contributed by atoms with Crippen LogP contribution in [0.4, 0.5) is 0 Å². The molecule has 252 valence electrons. The van der Waals surface area contributed by atoms with E-state index in [2.05, 4.69) is 73.3 Å². The van der Waals surface area contributed by atoms with Gasteiger partial charge in [0.1, 0.15) is 0 Å². The Balaban J connectivity index is 1.38. The summed E-state index contributed by atoms with van der Waals surface area (Å²) in [6.45, 7) is 9.82. The van der Waals surface area contributed by atoms with Gasteiger partial charge in [-0.15, -0.1) is 0 Å². The number of methoxy groups -OCH3 is 1. The zero-order chi connectivity index (χ0) is 33.6. The fourth-order valence-electron chi connectivity index (χ4n) is 6.89. The van der Waals surface area contributed by atoms with Crippen molar-refractivity contribution in [1.82, 2.24) is 29.7 Å². The number of carbonyl (C=O) groups excluding carboxylic acids is 1. The van der Waals surface area contributed by atoms with Crippen molar-refractivity contribution in [3.63, 3.8) is 0 Å². The van der Waals surface area contributed by atoms with E-state index in [0.717, 1.165) is 12.1 Å². The van der Waals surface area contributed by atoms with Gasteiger partial charge in [-0.25, -0.2) is 4.98 Å². The van der Waals surface area contributed by atoms with Crippen LogP contribution >= 0.6 is 0 Å². The number of carbonyl (C=O) groups is 1. The molecule has 2 saturated heterocycles. The third kappa shape index (κ3) is 7.34. The van der Waals surface area contributed by atoms with E-state index in [1.165, 1.54) is 29.7 Å². The molecule has 0 aliphatic carbocycles. The predicted molar refractivity (Wildman–Crippen MR) is 179 cm³/mol. The summed E-state index contributed by atoms with van der Waals surface area (Å²) in [6.07, 6.45) is 3.75. The molecule has 6 rings (SSSR count). The first-order valence-corrected chi connectivity index (χ1v) is 16.5. The Kier molecular flexibility index (Phi) is 10.3. The summed E-state index contributed by atoms with van der Waals surface area (Å²) in [6, 6.07) is 21.5. The summed E-state index contributed by atoms with van der Waals surface area (Å²) in [4.78, 5) is 33.7. The first-order valence-electron chi connectivity index (χ1n) is 16.5. The first-order chi connectivity index (χ1) is 23.3. The highest BCUT2D eigenvalue weighted by atomic mass is 16.5. The van der Waals surface area contributed by atoms with Crippen molar-refractivity contribution in [2.75, 3.05) is 46.4 Å². The molecule has 2 aromatic carbocycles. The number of ether oxygens (including phenoxy) is 3. The van der Waals surface area contributed by atoms with E-state index in [4.69, 9.17) is 14.2 Å². The number of nitrogens with zero attached hydrogens (tertiary/aromatic N) is 7. The largest absolute Gasteiger partial charge is 0.619 e. The topological polar surface area (TPSA) is 120 Å². The van der Waals surface area contributed by atoms with Gasteiger partial charge in [-0.1, -0.05) is 60.7 Å². The van der Waals surface area contributed by atoms with Crippen LogP contribution in [0.5, 0.6) is 17.8 Å². The maximum atomic E-state index is 13.6. The van der Waals surface area contributed by atoms with Crippen LogP contribution in [-0.4, -0.2) is 100 Å². The molecule has 0 saturated carbocycles. The average Bonchev–Trinajstić information content (AvgIpc) is 3.09. The van der Waals surface area contributed by atoms with E-state index >= 15 is 0 Å². The number of fused-ring (bicyclic) bond motifs is 1. The molecular weight excluding hydrogens is 610 g/mol. The van der Waals surface area contributed by atoms with Gasteiger partial charge in [-0.05, 0) is 31.9 Å². The quantitative estimate of drug-likeness (QED) is 0.176. The van der Waals surface area contributed by atoms with Crippen LogP contribution in [0.15, 0.2) is 79.3 Å². The predicted octanol–water partition coefficient (Wildman–Crippen LogP) is 3.54. The molecule has 2 atom stereocenters. The number of amides is 1. The molecule has 4 heterocycles. The van der Waals surface area contributed by atoms with Gasteiger partial charge in [0, 0.05) is 57.3 Å². The van der Waals surface area contributed by atoms with Gasteiger partial charge >= 0.3 is 6.01 Å².